The van der Waals surface area contributed by atoms with Crippen molar-refractivity contribution in [2.75, 3.05) is 12.4 Å². The van der Waals surface area contributed by atoms with Crippen molar-refractivity contribution in [1.29, 1.82) is 0 Å². The molecule has 0 spiro atoms. The molecule has 112 valence electrons. The SMILES string of the molecule is COc1ccc(NC2CC(=O)N(C3CCCC3)C2=O)cc1. The molecule has 5 nitrogen and oxygen atoms in total. The first kappa shape index (κ1) is 13.9. The summed E-state index contributed by atoms with van der Waals surface area (Å²) in [7, 11) is 1.61. The summed E-state index contributed by atoms with van der Waals surface area (Å²) < 4.78 is 5.10. The lowest BCUT2D eigenvalue weighted by atomic mass is 10.2. The lowest BCUT2D eigenvalue weighted by Crippen LogP contribution is -2.40. The molecule has 1 aliphatic heterocycles. The fourth-order valence-electron chi connectivity index (χ4n) is 3.20. The summed E-state index contributed by atoms with van der Waals surface area (Å²) >= 11 is 0. The van der Waals surface area contributed by atoms with Crippen LogP contribution in [-0.2, 0) is 9.59 Å². The zero-order valence-corrected chi connectivity index (χ0v) is 12.2. The number of anilines is 1. The fourth-order valence-corrected chi connectivity index (χ4v) is 3.20. The van der Waals surface area contributed by atoms with Gasteiger partial charge in [-0.3, -0.25) is 14.5 Å². The summed E-state index contributed by atoms with van der Waals surface area (Å²) in [4.78, 5) is 26.1. The van der Waals surface area contributed by atoms with E-state index >= 15 is 0 Å². The van der Waals surface area contributed by atoms with Crippen LogP contribution in [0.15, 0.2) is 24.3 Å². The summed E-state index contributed by atoms with van der Waals surface area (Å²) in [6, 6.07) is 7.06. The molecule has 2 fully saturated rings. The molecule has 2 amide bonds. The Kier molecular flexibility index (Phi) is 3.82. The number of hydrogen-bond donors (Lipinski definition) is 1. The van der Waals surface area contributed by atoms with Crippen LogP contribution in [0.2, 0.25) is 0 Å². The lowest BCUT2D eigenvalue weighted by molar-refractivity contribution is -0.141. The minimum atomic E-state index is -0.438. The van der Waals surface area contributed by atoms with Crippen molar-refractivity contribution in [1.82, 2.24) is 4.90 Å². The topological polar surface area (TPSA) is 58.6 Å². The Morgan fingerprint density at radius 2 is 1.81 bits per heavy atom. The number of amides is 2. The predicted molar refractivity (Wildman–Crippen MR) is 79.1 cm³/mol. The molecular formula is C16H20N2O3. The van der Waals surface area contributed by atoms with E-state index in [1.165, 1.54) is 4.90 Å². The third kappa shape index (κ3) is 2.73. The number of methoxy groups -OCH3 is 1. The number of ether oxygens (including phenoxy) is 1. The summed E-state index contributed by atoms with van der Waals surface area (Å²) in [6.45, 7) is 0. The smallest absolute Gasteiger partial charge is 0.252 e. The number of likely N-dealkylation sites (tertiary alicyclic amines) is 1. The highest BCUT2D eigenvalue weighted by Gasteiger charge is 2.42. The van der Waals surface area contributed by atoms with Crippen molar-refractivity contribution in [3.05, 3.63) is 24.3 Å². The fraction of sp³-hybridized carbons (Fsp3) is 0.500. The van der Waals surface area contributed by atoms with Crippen molar-refractivity contribution in [2.24, 2.45) is 0 Å². The van der Waals surface area contributed by atoms with Crippen LogP contribution in [0.5, 0.6) is 5.75 Å². The maximum Gasteiger partial charge on any atom is 0.252 e. The molecule has 1 saturated heterocycles. The van der Waals surface area contributed by atoms with Gasteiger partial charge in [-0.15, -0.1) is 0 Å². The van der Waals surface area contributed by atoms with Gasteiger partial charge in [0, 0.05) is 11.7 Å². The van der Waals surface area contributed by atoms with Crippen LogP contribution in [0.25, 0.3) is 0 Å². The number of imide groups is 1. The Bertz CT molecular complexity index is 535. The monoisotopic (exact) mass is 288 g/mol. The molecule has 1 aromatic rings. The van der Waals surface area contributed by atoms with E-state index < -0.39 is 6.04 Å². The summed E-state index contributed by atoms with van der Waals surface area (Å²) in [6.07, 6.45) is 4.37. The van der Waals surface area contributed by atoms with Crippen molar-refractivity contribution in [3.63, 3.8) is 0 Å². The molecule has 1 aromatic carbocycles. The van der Waals surface area contributed by atoms with Gasteiger partial charge in [0.2, 0.25) is 5.91 Å². The minimum absolute atomic E-state index is 0.0436. The van der Waals surface area contributed by atoms with Crippen LogP contribution in [0.4, 0.5) is 5.69 Å². The third-order valence-corrected chi connectivity index (χ3v) is 4.30. The van der Waals surface area contributed by atoms with Gasteiger partial charge >= 0.3 is 0 Å². The van der Waals surface area contributed by atoms with Gasteiger partial charge in [-0.05, 0) is 37.1 Å². The molecule has 1 atom stereocenters. The predicted octanol–water partition coefficient (Wildman–Crippen LogP) is 2.18. The number of carbonyl (C=O) groups is 2. The van der Waals surface area contributed by atoms with E-state index in [0.29, 0.717) is 0 Å². The summed E-state index contributed by atoms with van der Waals surface area (Å²) in [5, 5.41) is 3.16. The van der Waals surface area contributed by atoms with Gasteiger partial charge in [0.25, 0.3) is 5.91 Å². The molecule has 1 heterocycles. The van der Waals surface area contributed by atoms with Crippen LogP contribution in [0, 0.1) is 0 Å². The van der Waals surface area contributed by atoms with E-state index in [9.17, 15) is 9.59 Å². The summed E-state index contributed by atoms with van der Waals surface area (Å²) in [5.74, 6) is 0.641. The average molecular weight is 288 g/mol. The van der Waals surface area contributed by atoms with Crippen LogP contribution >= 0.6 is 0 Å². The number of rotatable bonds is 4. The van der Waals surface area contributed by atoms with E-state index in [-0.39, 0.29) is 24.3 Å². The number of carbonyl (C=O) groups excluding carboxylic acids is 2. The number of nitrogens with one attached hydrogen (secondary N) is 1. The molecule has 1 aliphatic carbocycles. The van der Waals surface area contributed by atoms with Gasteiger partial charge in [0.15, 0.2) is 0 Å². The van der Waals surface area contributed by atoms with E-state index in [1.807, 2.05) is 24.3 Å². The molecule has 0 aromatic heterocycles. The molecule has 5 heteroatoms. The molecular weight excluding hydrogens is 268 g/mol. The average Bonchev–Trinajstić information content (AvgIpc) is 3.09. The maximum atomic E-state index is 12.4. The quantitative estimate of drug-likeness (QED) is 0.863. The first-order valence-corrected chi connectivity index (χ1v) is 7.45. The Labute approximate surface area is 124 Å². The minimum Gasteiger partial charge on any atom is -0.497 e. The van der Waals surface area contributed by atoms with Crippen LogP contribution in [0.3, 0.4) is 0 Å². The highest BCUT2D eigenvalue weighted by atomic mass is 16.5. The standard InChI is InChI=1S/C16H20N2O3/c1-21-13-8-6-11(7-9-13)17-14-10-15(19)18(16(14)20)12-4-2-3-5-12/h6-9,12,14,17H,2-5,10H2,1H3. The van der Waals surface area contributed by atoms with E-state index in [2.05, 4.69) is 5.32 Å². The molecule has 0 radical (unpaired) electrons. The van der Waals surface area contributed by atoms with Gasteiger partial charge in [0.1, 0.15) is 11.8 Å². The van der Waals surface area contributed by atoms with Crippen LogP contribution in [-0.4, -0.2) is 35.9 Å². The zero-order chi connectivity index (χ0) is 14.8. The zero-order valence-electron chi connectivity index (χ0n) is 12.2. The van der Waals surface area contributed by atoms with Gasteiger partial charge < -0.3 is 10.1 Å². The highest BCUT2D eigenvalue weighted by Crippen LogP contribution is 2.29. The Morgan fingerprint density at radius 1 is 1.14 bits per heavy atom. The first-order valence-electron chi connectivity index (χ1n) is 7.45. The molecule has 1 N–H and O–H groups in total. The van der Waals surface area contributed by atoms with E-state index in [0.717, 1.165) is 37.1 Å². The highest BCUT2D eigenvalue weighted by molar-refractivity contribution is 6.07. The van der Waals surface area contributed by atoms with Gasteiger partial charge in [-0.25, -0.2) is 0 Å². The second-order valence-electron chi connectivity index (χ2n) is 5.67. The first-order chi connectivity index (χ1) is 10.2. The van der Waals surface area contributed by atoms with Gasteiger partial charge in [0.05, 0.1) is 13.5 Å². The normalized spacial score (nSPS) is 22.9. The number of benzene rings is 1. The van der Waals surface area contributed by atoms with Gasteiger partial charge in [-0.1, -0.05) is 12.8 Å². The second kappa shape index (κ2) is 5.76. The van der Waals surface area contributed by atoms with Gasteiger partial charge in [-0.2, -0.15) is 0 Å². The molecule has 21 heavy (non-hydrogen) atoms. The van der Waals surface area contributed by atoms with Crippen molar-refractivity contribution >= 4 is 17.5 Å². The van der Waals surface area contributed by atoms with Crippen LogP contribution in [0.1, 0.15) is 32.1 Å². The van der Waals surface area contributed by atoms with Crippen molar-refractivity contribution in [3.8, 4) is 5.75 Å². The molecule has 2 aliphatic rings. The Morgan fingerprint density at radius 3 is 2.43 bits per heavy atom. The third-order valence-electron chi connectivity index (χ3n) is 4.30. The molecule has 1 saturated carbocycles. The second-order valence-corrected chi connectivity index (χ2v) is 5.67. The number of hydrogen-bond acceptors (Lipinski definition) is 4. The molecule has 0 bridgehead atoms. The molecule has 3 rings (SSSR count). The van der Waals surface area contributed by atoms with E-state index in [4.69, 9.17) is 4.74 Å². The van der Waals surface area contributed by atoms with Crippen molar-refractivity contribution in [2.45, 2.75) is 44.2 Å². The van der Waals surface area contributed by atoms with E-state index in [1.54, 1.807) is 7.11 Å². The maximum absolute atomic E-state index is 12.4. The van der Waals surface area contributed by atoms with Crippen molar-refractivity contribution < 1.29 is 14.3 Å². The summed E-state index contributed by atoms with van der Waals surface area (Å²) in [5.41, 5.74) is 0.829. The largest absolute Gasteiger partial charge is 0.497 e. The molecule has 1 unspecified atom stereocenters. The Balaban J connectivity index is 1.68. The lowest BCUT2D eigenvalue weighted by Gasteiger charge is -2.22. The number of nitrogens with zero attached hydrogens (tertiary/aromatic N) is 1. The Hall–Kier alpha value is -2.04. The van der Waals surface area contributed by atoms with Crippen LogP contribution < -0.4 is 10.1 Å².